The van der Waals surface area contributed by atoms with Gasteiger partial charge in [-0.15, -0.1) is 0 Å². The predicted octanol–water partition coefficient (Wildman–Crippen LogP) is 4.42. The van der Waals surface area contributed by atoms with E-state index < -0.39 is 12.7 Å². The molecule has 2 heterocycles. The average Bonchev–Trinajstić information content (AvgIpc) is 2.95. The summed E-state index contributed by atoms with van der Waals surface area (Å²) in [7, 11) is 0. The Bertz CT molecular complexity index is 1350. The molecule has 1 aliphatic rings. The molecule has 0 aliphatic carbocycles. The Hall–Kier alpha value is -2.81. The van der Waals surface area contributed by atoms with E-state index in [0.717, 1.165) is 27.8 Å². The molecule has 4 heteroatoms. The van der Waals surface area contributed by atoms with Crippen LogP contribution in [-0.2, 0) is 7.67 Å². The van der Waals surface area contributed by atoms with E-state index in [1.165, 1.54) is 10.9 Å². The van der Waals surface area contributed by atoms with Crippen molar-refractivity contribution in [1.82, 2.24) is 4.98 Å². The van der Waals surface area contributed by atoms with E-state index in [1.54, 1.807) is 24.4 Å². The fraction of sp³-hybridized carbons (Fsp3) is 0.125. The third kappa shape index (κ3) is 2.39. The Labute approximate surface area is 165 Å². The summed E-state index contributed by atoms with van der Waals surface area (Å²) in [6.07, 6.45) is 1.62. The second-order valence-electron chi connectivity index (χ2n) is 7.47. The molecular weight excluding hydrogens is 413 g/mol. The van der Waals surface area contributed by atoms with E-state index in [4.69, 9.17) is 0 Å². The van der Waals surface area contributed by atoms with Crippen LogP contribution in [0.5, 0.6) is 0 Å². The number of fused-ring (bicyclic) bond motifs is 4. The molecule has 1 aromatic heterocycles. The van der Waals surface area contributed by atoms with Gasteiger partial charge in [0.2, 0.25) is 0 Å². The molecule has 5 rings (SSSR count). The van der Waals surface area contributed by atoms with Crippen LogP contribution in [0.25, 0.3) is 33.2 Å². The fourth-order valence-corrected chi connectivity index (χ4v) is 7.63. The molecular formula is C24H19NO2Se. The summed E-state index contributed by atoms with van der Waals surface area (Å²) < 4.78 is 27.0. The Kier molecular flexibility index (Phi) is 3.77. The van der Waals surface area contributed by atoms with Gasteiger partial charge >= 0.3 is 166 Å². The standard InChI is InChI=1S/C24H19NO2Se/c1-15(2)20-14-17(13-16-7-3-4-8-18(16)20)24-23-19-9-5-6-10-21(19)28(26,27)22(23)11-12-25-24/h3-15H,1-2H3. The maximum atomic E-state index is 13.1. The van der Waals surface area contributed by atoms with Gasteiger partial charge in [-0.05, 0) is 0 Å². The van der Waals surface area contributed by atoms with E-state index in [1.807, 2.05) is 18.2 Å². The molecule has 0 bridgehead atoms. The van der Waals surface area contributed by atoms with Crippen LogP contribution in [0, 0.1) is 0 Å². The number of hydrogen-bond donors (Lipinski definition) is 0. The number of rotatable bonds is 2. The van der Waals surface area contributed by atoms with Gasteiger partial charge in [-0.25, -0.2) is 0 Å². The molecule has 1 aliphatic heterocycles. The van der Waals surface area contributed by atoms with E-state index in [2.05, 4.69) is 49.2 Å². The van der Waals surface area contributed by atoms with Gasteiger partial charge in [0.15, 0.2) is 0 Å². The first kappa shape index (κ1) is 17.3. The van der Waals surface area contributed by atoms with Gasteiger partial charge in [0.1, 0.15) is 0 Å². The zero-order valence-corrected chi connectivity index (χ0v) is 17.4. The quantitative estimate of drug-likeness (QED) is 0.388. The van der Waals surface area contributed by atoms with Crippen LogP contribution in [0.2, 0.25) is 0 Å². The van der Waals surface area contributed by atoms with Crippen molar-refractivity contribution in [2.45, 2.75) is 19.8 Å². The number of benzene rings is 3. The molecule has 3 aromatic carbocycles. The topological polar surface area (TPSA) is 47.0 Å². The summed E-state index contributed by atoms with van der Waals surface area (Å²) in [6.45, 7) is 4.36. The molecule has 0 amide bonds. The normalized spacial score (nSPS) is 14.2. The molecule has 0 N–H and O–H groups in total. The van der Waals surface area contributed by atoms with Crippen molar-refractivity contribution < 1.29 is 7.67 Å². The van der Waals surface area contributed by atoms with Crippen LogP contribution in [-0.4, -0.2) is 17.7 Å². The van der Waals surface area contributed by atoms with Crippen LogP contribution in [0.15, 0.2) is 72.9 Å². The zero-order chi connectivity index (χ0) is 19.5. The Morgan fingerprint density at radius 2 is 1.61 bits per heavy atom. The first-order valence-electron chi connectivity index (χ1n) is 9.35. The van der Waals surface area contributed by atoms with Crippen LogP contribution in [0.4, 0.5) is 0 Å². The van der Waals surface area contributed by atoms with Crippen molar-refractivity contribution in [2.75, 3.05) is 0 Å². The summed E-state index contributed by atoms with van der Waals surface area (Å²) in [4.78, 5) is 4.64. The Morgan fingerprint density at radius 3 is 2.43 bits per heavy atom. The van der Waals surface area contributed by atoms with Crippen LogP contribution in [0.3, 0.4) is 0 Å². The number of aromatic nitrogens is 1. The van der Waals surface area contributed by atoms with Gasteiger partial charge in [-0.1, -0.05) is 0 Å². The summed E-state index contributed by atoms with van der Waals surface area (Å²) in [5.41, 5.74) is 4.46. The zero-order valence-electron chi connectivity index (χ0n) is 15.7. The van der Waals surface area contributed by atoms with Gasteiger partial charge in [-0.3, -0.25) is 0 Å². The maximum absolute atomic E-state index is 13.1. The molecule has 0 saturated heterocycles. The van der Waals surface area contributed by atoms with Crippen molar-refractivity contribution in [3.05, 3.63) is 78.5 Å². The third-order valence-electron chi connectivity index (χ3n) is 5.44. The molecule has 4 aromatic rings. The van der Waals surface area contributed by atoms with Crippen molar-refractivity contribution in [2.24, 2.45) is 0 Å². The van der Waals surface area contributed by atoms with Crippen molar-refractivity contribution >= 4 is 32.4 Å². The number of hydrogen-bond acceptors (Lipinski definition) is 3. The molecule has 0 unspecified atom stereocenters. The molecule has 28 heavy (non-hydrogen) atoms. The fourth-order valence-electron chi connectivity index (χ4n) is 4.13. The van der Waals surface area contributed by atoms with Crippen molar-refractivity contribution in [1.29, 1.82) is 0 Å². The van der Waals surface area contributed by atoms with E-state index in [-0.39, 0.29) is 0 Å². The van der Waals surface area contributed by atoms with E-state index in [9.17, 15) is 7.67 Å². The molecule has 0 radical (unpaired) electrons. The predicted molar refractivity (Wildman–Crippen MR) is 113 cm³/mol. The van der Waals surface area contributed by atoms with Crippen molar-refractivity contribution in [3.8, 4) is 22.4 Å². The van der Waals surface area contributed by atoms with Crippen LogP contribution in [0.1, 0.15) is 25.3 Å². The van der Waals surface area contributed by atoms with Gasteiger partial charge in [-0.2, -0.15) is 0 Å². The second-order valence-corrected chi connectivity index (χ2v) is 11.4. The van der Waals surface area contributed by atoms with Crippen LogP contribution >= 0.6 is 0 Å². The average molecular weight is 432 g/mol. The van der Waals surface area contributed by atoms with Crippen molar-refractivity contribution in [3.63, 3.8) is 0 Å². The van der Waals surface area contributed by atoms with Gasteiger partial charge in [0.25, 0.3) is 0 Å². The molecule has 0 saturated carbocycles. The summed E-state index contributed by atoms with van der Waals surface area (Å²) in [5.74, 6) is 0.350. The summed E-state index contributed by atoms with van der Waals surface area (Å²) in [6, 6.07) is 21.5. The summed E-state index contributed by atoms with van der Waals surface area (Å²) >= 11 is -4.38. The Balaban J connectivity index is 1.87. The third-order valence-corrected chi connectivity index (χ3v) is 9.33. The van der Waals surface area contributed by atoms with E-state index in [0.29, 0.717) is 14.8 Å². The van der Waals surface area contributed by atoms with Crippen LogP contribution < -0.4 is 8.92 Å². The second kappa shape index (κ2) is 6.10. The SMILES string of the molecule is CC(C)c1cc(-c2nccc3c2-c2ccccc2[Se]3(=O)=O)cc2ccccc12. The molecule has 0 spiro atoms. The summed E-state index contributed by atoms with van der Waals surface area (Å²) in [5, 5.41) is 2.37. The molecule has 0 fully saturated rings. The molecule has 138 valence electrons. The minimum atomic E-state index is -4.38. The molecule has 3 nitrogen and oxygen atoms in total. The van der Waals surface area contributed by atoms with Gasteiger partial charge in [0.05, 0.1) is 0 Å². The number of nitrogens with zero attached hydrogens (tertiary/aromatic N) is 1. The minimum absolute atomic E-state index is 0.350. The Morgan fingerprint density at radius 1 is 0.857 bits per heavy atom. The first-order chi connectivity index (χ1) is 13.5. The van der Waals surface area contributed by atoms with E-state index >= 15 is 0 Å². The van der Waals surface area contributed by atoms with Gasteiger partial charge < -0.3 is 0 Å². The molecule has 0 atom stereocenters. The first-order valence-corrected chi connectivity index (χ1v) is 12.5. The monoisotopic (exact) mass is 433 g/mol. The van der Waals surface area contributed by atoms with Gasteiger partial charge in [0, 0.05) is 0 Å². The number of pyridine rings is 1.